The summed E-state index contributed by atoms with van der Waals surface area (Å²) in [5.41, 5.74) is 1.65. The first-order valence-corrected chi connectivity index (χ1v) is 15.1. The second kappa shape index (κ2) is 13.4. The molecule has 0 aromatic heterocycles. The zero-order chi connectivity index (χ0) is 21.9. The van der Waals surface area contributed by atoms with Gasteiger partial charge in [-0.25, -0.2) is 8.42 Å². The van der Waals surface area contributed by atoms with Gasteiger partial charge in [0.15, 0.2) is 0 Å². The van der Waals surface area contributed by atoms with Crippen LogP contribution in [0.5, 0.6) is 0 Å². The summed E-state index contributed by atoms with van der Waals surface area (Å²) >= 11 is 3.98. The van der Waals surface area contributed by atoms with E-state index >= 15 is 0 Å². The third-order valence-electron chi connectivity index (χ3n) is 6.00. The highest BCUT2D eigenvalue weighted by atomic mass is 32.2. The largest absolute Gasteiger partial charge is 0.744 e. The molecular weight excluding hydrogens is 434 g/mol. The number of rotatable bonds is 14. The monoisotopic (exact) mass is 473 g/mol. The van der Waals surface area contributed by atoms with Gasteiger partial charge in [-0.15, -0.1) is 0 Å². The highest BCUT2D eigenvalue weighted by Gasteiger charge is 2.23. The molecule has 1 aromatic rings. The van der Waals surface area contributed by atoms with Crippen LogP contribution < -0.4 is 0 Å². The van der Waals surface area contributed by atoms with Gasteiger partial charge >= 0.3 is 0 Å². The van der Waals surface area contributed by atoms with Gasteiger partial charge in [0.2, 0.25) is 0 Å². The first-order chi connectivity index (χ1) is 14.3. The van der Waals surface area contributed by atoms with E-state index in [1.807, 2.05) is 24.8 Å². The Bertz CT molecular complexity index is 731. The Morgan fingerprint density at radius 1 is 0.933 bits per heavy atom. The van der Waals surface area contributed by atoms with Crippen molar-refractivity contribution in [2.75, 3.05) is 49.7 Å². The van der Waals surface area contributed by atoms with Crippen molar-refractivity contribution in [1.82, 2.24) is 0 Å². The van der Waals surface area contributed by atoms with Gasteiger partial charge in [0.05, 0.1) is 31.6 Å². The molecule has 0 atom stereocenters. The maximum atomic E-state index is 11.4. The van der Waals surface area contributed by atoms with Crippen molar-refractivity contribution < 1.29 is 17.5 Å². The fraction of sp³-hybridized carbons (Fsp3) is 0.739. The summed E-state index contributed by atoms with van der Waals surface area (Å²) in [5, 5.41) is 0. The molecule has 0 spiro atoms. The Morgan fingerprint density at radius 3 is 2.20 bits per heavy atom. The zero-order valence-corrected chi connectivity index (χ0v) is 21.2. The summed E-state index contributed by atoms with van der Waals surface area (Å²) in [6, 6.07) is 4.97. The number of piperidine rings is 1. The molecule has 0 N–H and O–H groups in total. The first-order valence-electron chi connectivity index (χ1n) is 11.3. The topological polar surface area (TPSA) is 57.2 Å². The minimum atomic E-state index is -4.39. The van der Waals surface area contributed by atoms with Crippen molar-refractivity contribution in [1.29, 1.82) is 0 Å². The minimum absolute atomic E-state index is 0.0533. The number of aryl methyl sites for hydroxylation is 2. The number of benzene rings is 1. The van der Waals surface area contributed by atoms with Crippen molar-refractivity contribution in [3.05, 3.63) is 29.3 Å². The first kappa shape index (κ1) is 26.0. The van der Waals surface area contributed by atoms with E-state index in [9.17, 15) is 13.0 Å². The Labute approximate surface area is 192 Å². The molecule has 0 saturated carbocycles. The normalized spacial score (nSPS) is 16.6. The quantitative estimate of drug-likeness (QED) is 0.214. The molecule has 2 rings (SSSR count). The molecule has 7 heteroatoms. The summed E-state index contributed by atoms with van der Waals surface area (Å²) < 4.78 is 35.5. The number of thioether (sulfide) groups is 2. The van der Waals surface area contributed by atoms with E-state index < -0.39 is 10.1 Å². The predicted molar refractivity (Wildman–Crippen MR) is 131 cm³/mol. The second-order valence-electron chi connectivity index (χ2n) is 8.81. The molecule has 1 aliphatic rings. The molecule has 0 bridgehead atoms. The Balaban J connectivity index is 1.47. The Morgan fingerprint density at radius 2 is 1.57 bits per heavy atom. The number of hydrogen-bond acceptors (Lipinski definition) is 5. The van der Waals surface area contributed by atoms with Gasteiger partial charge in [0, 0.05) is 5.75 Å². The van der Waals surface area contributed by atoms with Gasteiger partial charge in [0.25, 0.3) is 0 Å². The summed E-state index contributed by atoms with van der Waals surface area (Å²) in [4.78, 5) is -0.0533. The van der Waals surface area contributed by atoms with Gasteiger partial charge < -0.3 is 9.04 Å². The molecule has 0 radical (unpaired) electrons. The van der Waals surface area contributed by atoms with Crippen LogP contribution in [0.15, 0.2) is 23.1 Å². The highest BCUT2D eigenvalue weighted by molar-refractivity contribution is 7.99. The van der Waals surface area contributed by atoms with E-state index in [1.54, 1.807) is 6.07 Å². The lowest BCUT2D eigenvalue weighted by Crippen LogP contribution is -2.49. The SMILES string of the molecule is Cc1ccc(S(=O)(=O)[O-])c(CCSCCCCCCSCC[N+]2(C)CCCCC2)c1. The maximum Gasteiger partial charge on any atom is 0.124 e. The lowest BCUT2D eigenvalue weighted by atomic mass is 10.1. The van der Waals surface area contributed by atoms with Gasteiger partial charge in [0.1, 0.15) is 10.1 Å². The smallest absolute Gasteiger partial charge is 0.124 e. The van der Waals surface area contributed by atoms with Crippen molar-refractivity contribution in [2.24, 2.45) is 0 Å². The highest BCUT2D eigenvalue weighted by Crippen LogP contribution is 2.20. The van der Waals surface area contributed by atoms with Crippen LogP contribution in [0.25, 0.3) is 0 Å². The van der Waals surface area contributed by atoms with Gasteiger partial charge in [-0.05, 0) is 74.3 Å². The van der Waals surface area contributed by atoms with Crippen molar-refractivity contribution in [3.63, 3.8) is 0 Å². The van der Waals surface area contributed by atoms with Gasteiger partial charge in [-0.2, -0.15) is 23.5 Å². The lowest BCUT2D eigenvalue weighted by Gasteiger charge is -2.37. The Hall–Kier alpha value is -0.210. The molecule has 0 aliphatic carbocycles. The van der Waals surface area contributed by atoms with Crippen molar-refractivity contribution in [2.45, 2.75) is 63.2 Å². The number of hydrogen-bond donors (Lipinski definition) is 0. The summed E-state index contributed by atoms with van der Waals surface area (Å²) in [5.74, 6) is 4.55. The van der Waals surface area contributed by atoms with Crippen LogP contribution in [-0.2, 0) is 16.5 Å². The number of nitrogens with zero attached hydrogens (tertiary/aromatic N) is 1. The van der Waals surface area contributed by atoms with Crippen LogP contribution in [0, 0.1) is 6.92 Å². The van der Waals surface area contributed by atoms with E-state index in [0.29, 0.717) is 12.0 Å². The van der Waals surface area contributed by atoms with Crippen LogP contribution in [0.3, 0.4) is 0 Å². The van der Waals surface area contributed by atoms with Crippen LogP contribution in [0.1, 0.15) is 56.1 Å². The standard InChI is InChI=1S/C23H39NO3S3/c1-21-10-11-23(30(25,26)27)22(20-21)12-18-28-16-8-3-4-9-17-29-19-15-24(2)13-6-5-7-14-24/h10-11,20H,3-9,12-19H2,1-2H3. The van der Waals surface area contributed by atoms with Crippen molar-refractivity contribution >= 4 is 33.6 Å². The average Bonchev–Trinajstić information content (AvgIpc) is 2.68. The Kier molecular flexibility index (Phi) is 11.6. The molecule has 0 unspecified atom stereocenters. The molecule has 1 fully saturated rings. The minimum Gasteiger partial charge on any atom is -0.744 e. The molecule has 1 aromatic carbocycles. The fourth-order valence-corrected chi connectivity index (χ4v) is 6.96. The number of quaternary nitrogens is 1. The number of likely N-dealkylation sites (tertiary alicyclic amines) is 1. The van der Waals surface area contributed by atoms with Crippen LogP contribution >= 0.6 is 23.5 Å². The molecule has 30 heavy (non-hydrogen) atoms. The zero-order valence-electron chi connectivity index (χ0n) is 18.7. The third-order valence-corrected chi connectivity index (χ3v) is 9.06. The molecule has 1 aliphatic heterocycles. The van der Waals surface area contributed by atoms with Gasteiger partial charge in [-0.3, -0.25) is 0 Å². The molecule has 0 amide bonds. The van der Waals surface area contributed by atoms with Crippen molar-refractivity contribution in [3.8, 4) is 0 Å². The van der Waals surface area contributed by atoms with E-state index in [-0.39, 0.29) is 4.90 Å². The molecule has 4 nitrogen and oxygen atoms in total. The maximum absolute atomic E-state index is 11.4. The van der Waals surface area contributed by atoms with E-state index in [2.05, 4.69) is 18.8 Å². The summed E-state index contributed by atoms with van der Waals surface area (Å²) in [6.07, 6.45) is 9.97. The number of unbranched alkanes of at least 4 members (excludes halogenated alkanes) is 3. The average molecular weight is 474 g/mol. The third kappa shape index (κ3) is 9.94. The van der Waals surface area contributed by atoms with Crippen LogP contribution in [-0.4, -0.2) is 67.1 Å². The molecule has 172 valence electrons. The van der Waals surface area contributed by atoms with Crippen LogP contribution in [0.4, 0.5) is 0 Å². The molecule has 1 saturated heterocycles. The van der Waals surface area contributed by atoms with E-state index in [4.69, 9.17) is 0 Å². The molecule has 1 heterocycles. The van der Waals surface area contributed by atoms with E-state index in [0.717, 1.165) is 17.1 Å². The second-order valence-corrected chi connectivity index (χ2v) is 12.6. The summed E-state index contributed by atoms with van der Waals surface area (Å²) in [6.45, 7) is 6.00. The van der Waals surface area contributed by atoms with Gasteiger partial charge in [-0.1, -0.05) is 30.5 Å². The van der Waals surface area contributed by atoms with E-state index in [1.165, 1.54) is 86.6 Å². The van der Waals surface area contributed by atoms with Crippen LogP contribution in [0.2, 0.25) is 0 Å². The predicted octanol–water partition coefficient (Wildman–Crippen LogP) is 5.10. The molecular formula is C23H39NO3S3. The summed E-state index contributed by atoms with van der Waals surface area (Å²) in [7, 11) is -1.96. The fourth-order valence-electron chi connectivity index (χ4n) is 4.08. The lowest BCUT2D eigenvalue weighted by molar-refractivity contribution is -0.911.